The third-order valence-corrected chi connectivity index (χ3v) is 5.62. The number of sulfonamides is 1. The monoisotopic (exact) mass is 337 g/mol. The Morgan fingerprint density at radius 1 is 1.33 bits per heavy atom. The predicted molar refractivity (Wildman–Crippen MR) is 75.6 cm³/mol. The third-order valence-electron chi connectivity index (χ3n) is 2.63. The summed E-state index contributed by atoms with van der Waals surface area (Å²) in [5.41, 5.74) is 0. The molecule has 0 unspecified atom stereocenters. The summed E-state index contributed by atoms with van der Waals surface area (Å²) in [5, 5.41) is 8.90. The molecule has 0 atom stereocenters. The second-order valence-corrected chi connectivity index (χ2v) is 8.16. The number of halogens is 1. The van der Waals surface area contributed by atoms with Gasteiger partial charge in [0, 0.05) is 19.3 Å². The Balaban J connectivity index is 3.45. The van der Waals surface area contributed by atoms with Crippen LogP contribution in [0.3, 0.4) is 0 Å². The van der Waals surface area contributed by atoms with E-state index in [9.17, 15) is 21.2 Å². The fourth-order valence-electron chi connectivity index (χ4n) is 1.62. The Labute approximate surface area is 123 Å². The van der Waals surface area contributed by atoms with Crippen LogP contribution in [0.2, 0.25) is 0 Å². The van der Waals surface area contributed by atoms with Crippen LogP contribution in [0.15, 0.2) is 40.6 Å². The van der Waals surface area contributed by atoms with Gasteiger partial charge in [-0.1, -0.05) is 6.08 Å². The van der Waals surface area contributed by atoms with Gasteiger partial charge in [-0.2, -0.15) is 4.31 Å². The molecule has 0 aromatic heterocycles. The van der Waals surface area contributed by atoms with Crippen molar-refractivity contribution < 1.29 is 26.3 Å². The molecule has 0 saturated heterocycles. The van der Waals surface area contributed by atoms with Gasteiger partial charge in [0.2, 0.25) is 10.0 Å². The first-order chi connectivity index (χ1) is 9.64. The maximum absolute atomic E-state index is 13.8. The molecule has 0 fully saturated rings. The number of hydrogen-bond donors (Lipinski definition) is 1. The number of sulfone groups is 1. The number of aliphatic hydroxyl groups is 1. The quantitative estimate of drug-likeness (QED) is 0.574. The molecule has 9 heteroatoms. The zero-order valence-corrected chi connectivity index (χ0v) is 13.0. The van der Waals surface area contributed by atoms with E-state index in [1.807, 2.05) is 0 Å². The summed E-state index contributed by atoms with van der Waals surface area (Å²) in [4.78, 5) is -1.05. The average molecular weight is 337 g/mol. The molecule has 1 aromatic carbocycles. The van der Waals surface area contributed by atoms with Gasteiger partial charge in [0.1, 0.15) is 10.7 Å². The van der Waals surface area contributed by atoms with Gasteiger partial charge in [-0.3, -0.25) is 0 Å². The summed E-state index contributed by atoms with van der Waals surface area (Å²) in [6, 6.07) is 2.55. The Bertz CT molecular complexity index is 728. The van der Waals surface area contributed by atoms with Crippen molar-refractivity contribution in [3.63, 3.8) is 0 Å². The second kappa shape index (κ2) is 6.65. The highest BCUT2D eigenvalue weighted by molar-refractivity contribution is 7.91. The number of hydrogen-bond acceptors (Lipinski definition) is 5. The molecule has 0 bridgehead atoms. The molecular formula is C12H16FNO5S2. The molecular weight excluding hydrogens is 321 g/mol. The van der Waals surface area contributed by atoms with Crippen LogP contribution >= 0.6 is 0 Å². The van der Waals surface area contributed by atoms with E-state index in [0.29, 0.717) is 0 Å². The Kier molecular flexibility index (Phi) is 5.62. The maximum Gasteiger partial charge on any atom is 0.246 e. The van der Waals surface area contributed by atoms with Crippen LogP contribution in [0.4, 0.5) is 4.39 Å². The first kappa shape index (κ1) is 17.8. The van der Waals surface area contributed by atoms with Crippen molar-refractivity contribution >= 4 is 19.9 Å². The Hall–Kier alpha value is -1.29. The fraction of sp³-hybridized carbons (Fsp3) is 0.333. The standard InChI is InChI=1S/C12H16FNO5S2/c1-3-6-14(7-8-15)21(18,19)12-9-10(20(2,16)17)4-5-11(12)13/h3-5,9,15H,1,6-8H2,2H3. The molecule has 118 valence electrons. The number of rotatable bonds is 7. The zero-order chi connectivity index (χ0) is 16.3. The van der Waals surface area contributed by atoms with Crippen LogP contribution < -0.4 is 0 Å². The van der Waals surface area contributed by atoms with Gasteiger partial charge in [-0.25, -0.2) is 21.2 Å². The lowest BCUT2D eigenvalue weighted by Crippen LogP contribution is -2.34. The van der Waals surface area contributed by atoms with Gasteiger partial charge in [0.15, 0.2) is 9.84 Å². The molecule has 0 radical (unpaired) electrons. The van der Waals surface area contributed by atoms with Gasteiger partial charge >= 0.3 is 0 Å². The molecule has 0 heterocycles. The highest BCUT2D eigenvalue weighted by atomic mass is 32.2. The molecule has 0 aliphatic heterocycles. The van der Waals surface area contributed by atoms with Crippen molar-refractivity contribution in [1.29, 1.82) is 0 Å². The van der Waals surface area contributed by atoms with E-state index in [4.69, 9.17) is 5.11 Å². The van der Waals surface area contributed by atoms with Crippen LogP contribution in [-0.2, 0) is 19.9 Å². The van der Waals surface area contributed by atoms with Crippen LogP contribution in [0.5, 0.6) is 0 Å². The SMILES string of the molecule is C=CCN(CCO)S(=O)(=O)c1cc(S(C)(=O)=O)ccc1F. The highest BCUT2D eigenvalue weighted by Gasteiger charge is 2.27. The molecule has 0 aliphatic carbocycles. The second-order valence-electron chi connectivity index (χ2n) is 4.24. The first-order valence-corrected chi connectivity index (χ1v) is 9.19. The summed E-state index contributed by atoms with van der Waals surface area (Å²) in [6.07, 6.45) is 2.18. The average Bonchev–Trinajstić information content (AvgIpc) is 2.37. The lowest BCUT2D eigenvalue weighted by atomic mass is 10.3. The molecule has 21 heavy (non-hydrogen) atoms. The summed E-state index contributed by atoms with van der Waals surface area (Å²) >= 11 is 0. The third kappa shape index (κ3) is 4.10. The van der Waals surface area contributed by atoms with Crippen LogP contribution in [0.25, 0.3) is 0 Å². The van der Waals surface area contributed by atoms with E-state index in [2.05, 4.69) is 6.58 Å². The first-order valence-electron chi connectivity index (χ1n) is 5.86. The van der Waals surface area contributed by atoms with Crippen molar-refractivity contribution in [2.75, 3.05) is 26.0 Å². The summed E-state index contributed by atoms with van der Waals surface area (Å²) in [7, 11) is -7.95. The van der Waals surface area contributed by atoms with Crippen molar-refractivity contribution in [3.8, 4) is 0 Å². The molecule has 0 amide bonds. The van der Waals surface area contributed by atoms with Gasteiger partial charge in [-0.05, 0) is 18.2 Å². The lowest BCUT2D eigenvalue weighted by molar-refractivity contribution is 0.260. The zero-order valence-electron chi connectivity index (χ0n) is 11.4. The topological polar surface area (TPSA) is 91.8 Å². The van der Waals surface area contributed by atoms with E-state index < -0.39 is 37.2 Å². The summed E-state index contributed by atoms with van der Waals surface area (Å²) < 4.78 is 62.2. The molecule has 1 aromatic rings. The van der Waals surface area contributed by atoms with Crippen LogP contribution in [0.1, 0.15) is 0 Å². The minimum absolute atomic E-state index is 0.133. The van der Waals surface area contributed by atoms with Crippen molar-refractivity contribution in [1.82, 2.24) is 4.31 Å². The minimum atomic E-state index is -4.28. The highest BCUT2D eigenvalue weighted by Crippen LogP contribution is 2.23. The van der Waals surface area contributed by atoms with E-state index in [1.165, 1.54) is 6.08 Å². The minimum Gasteiger partial charge on any atom is -0.395 e. The predicted octanol–water partition coefficient (Wildman–Crippen LogP) is 0.398. The molecule has 0 aliphatic rings. The Morgan fingerprint density at radius 2 is 1.95 bits per heavy atom. The number of benzene rings is 1. The van der Waals surface area contributed by atoms with E-state index in [1.54, 1.807) is 0 Å². The largest absolute Gasteiger partial charge is 0.395 e. The van der Waals surface area contributed by atoms with Gasteiger partial charge in [0.05, 0.1) is 11.5 Å². The molecule has 0 saturated carbocycles. The fourth-order valence-corrected chi connectivity index (χ4v) is 3.83. The molecule has 6 nitrogen and oxygen atoms in total. The lowest BCUT2D eigenvalue weighted by Gasteiger charge is -2.20. The maximum atomic E-state index is 13.8. The van der Waals surface area contributed by atoms with E-state index >= 15 is 0 Å². The van der Waals surface area contributed by atoms with E-state index in [0.717, 1.165) is 28.8 Å². The molecule has 1 rings (SSSR count). The normalized spacial score (nSPS) is 12.6. The Morgan fingerprint density at radius 3 is 2.43 bits per heavy atom. The van der Waals surface area contributed by atoms with Crippen molar-refractivity contribution in [3.05, 3.63) is 36.7 Å². The van der Waals surface area contributed by atoms with E-state index in [-0.39, 0.29) is 18.0 Å². The number of aliphatic hydroxyl groups excluding tert-OH is 1. The molecule has 1 N–H and O–H groups in total. The number of nitrogens with zero attached hydrogens (tertiary/aromatic N) is 1. The van der Waals surface area contributed by atoms with Crippen molar-refractivity contribution in [2.24, 2.45) is 0 Å². The van der Waals surface area contributed by atoms with Gasteiger partial charge < -0.3 is 5.11 Å². The molecule has 0 spiro atoms. The van der Waals surface area contributed by atoms with Crippen molar-refractivity contribution in [2.45, 2.75) is 9.79 Å². The van der Waals surface area contributed by atoms with Crippen LogP contribution in [0, 0.1) is 5.82 Å². The smallest absolute Gasteiger partial charge is 0.246 e. The van der Waals surface area contributed by atoms with Crippen LogP contribution in [-0.4, -0.2) is 52.2 Å². The summed E-state index contributed by atoms with van der Waals surface area (Å²) in [6.45, 7) is 2.55. The van der Waals surface area contributed by atoms with Gasteiger partial charge in [-0.15, -0.1) is 6.58 Å². The van der Waals surface area contributed by atoms with Gasteiger partial charge in [0.25, 0.3) is 0 Å². The summed E-state index contributed by atoms with van der Waals surface area (Å²) in [5.74, 6) is -1.06.